The number of aryl methyl sites for hydroxylation is 3. The number of pyridine rings is 1. The number of carbonyl (C=O) groups excluding carboxylic acids is 2. The van der Waals surface area contributed by atoms with E-state index in [1.165, 1.54) is 31.2 Å². The van der Waals surface area contributed by atoms with Crippen LogP contribution in [0.15, 0.2) is 59.7 Å². The molecule has 1 N–H and O–H groups in total. The summed E-state index contributed by atoms with van der Waals surface area (Å²) in [5.41, 5.74) is -3.21. The minimum atomic E-state index is -5.07. The van der Waals surface area contributed by atoms with Gasteiger partial charge in [-0.3, -0.25) is 19.0 Å². The first-order chi connectivity index (χ1) is 24.4. The molecule has 0 spiro atoms. The molecule has 1 amide bonds. The van der Waals surface area contributed by atoms with Gasteiger partial charge in [-0.1, -0.05) is 18.2 Å². The summed E-state index contributed by atoms with van der Waals surface area (Å²) in [7, 11) is 3.50. The number of hydrogen-bond acceptors (Lipinski definition) is 7. The van der Waals surface area contributed by atoms with Crippen molar-refractivity contribution in [1.29, 1.82) is 0 Å². The van der Waals surface area contributed by atoms with Crippen LogP contribution in [0.25, 0.3) is 5.69 Å². The standard InChI is InChI=1S/C36H37F6N5O5/c1-6-51-30(49)17-27-25-19-47(44-33(25)36(40,41)42)31-21(3)13-20(2)14-28(31)52-24-11-7-9-22(15-24)32(34(50)43-27)46-18-23(10-8-12-45(4)5)26(16-29(46)48)35(37,38)39/h7,9,11,13-16,18-19,27,32H,6,8,10,12,17H2,1-5H3,(H,43,50)/t27-,32?/m0/s1. The molecule has 0 radical (unpaired) electrons. The molecular formula is C36H37F6N5O5. The molecule has 4 aromatic rings. The van der Waals surface area contributed by atoms with Crippen LogP contribution >= 0.6 is 0 Å². The van der Waals surface area contributed by atoms with Crippen molar-refractivity contribution in [3.05, 3.63) is 104 Å². The topological polar surface area (TPSA) is 108 Å². The maximum absolute atomic E-state index is 14.7. The van der Waals surface area contributed by atoms with E-state index in [1.54, 1.807) is 45.0 Å². The maximum Gasteiger partial charge on any atom is 0.435 e. The molecule has 4 bridgehead atoms. The van der Waals surface area contributed by atoms with Crippen molar-refractivity contribution in [3.8, 4) is 17.2 Å². The number of rotatable bonds is 8. The van der Waals surface area contributed by atoms with E-state index in [1.807, 2.05) is 0 Å². The Morgan fingerprint density at radius 3 is 2.40 bits per heavy atom. The van der Waals surface area contributed by atoms with Crippen LogP contribution in [0.5, 0.6) is 11.5 Å². The number of alkyl halides is 6. The van der Waals surface area contributed by atoms with Gasteiger partial charge < -0.3 is 19.7 Å². The van der Waals surface area contributed by atoms with Gasteiger partial charge in [-0.15, -0.1) is 0 Å². The lowest BCUT2D eigenvalue weighted by Crippen LogP contribution is -2.41. The number of fused-ring (bicyclic) bond motifs is 6. The molecule has 52 heavy (non-hydrogen) atoms. The van der Waals surface area contributed by atoms with Gasteiger partial charge in [0.2, 0.25) is 5.91 Å². The maximum atomic E-state index is 14.7. The smallest absolute Gasteiger partial charge is 0.435 e. The third kappa shape index (κ3) is 8.33. The normalized spacial score (nSPS) is 16.3. The molecule has 16 heteroatoms. The number of nitrogens with zero attached hydrogens (tertiary/aromatic N) is 4. The molecule has 1 aliphatic heterocycles. The van der Waals surface area contributed by atoms with Crippen LogP contribution < -0.4 is 15.6 Å². The Morgan fingerprint density at radius 2 is 1.75 bits per heavy atom. The molecule has 278 valence electrons. The third-order valence-electron chi connectivity index (χ3n) is 8.47. The highest BCUT2D eigenvalue weighted by atomic mass is 19.4. The van der Waals surface area contributed by atoms with E-state index in [0.717, 1.165) is 21.6 Å². The number of benzene rings is 2. The molecule has 2 aromatic heterocycles. The molecule has 0 aliphatic carbocycles. The molecule has 5 rings (SSSR count). The van der Waals surface area contributed by atoms with Crippen molar-refractivity contribution in [2.45, 2.75) is 64.5 Å². The summed E-state index contributed by atoms with van der Waals surface area (Å²) in [6, 6.07) is 6.14. The lowest BCUT2D eigenvalue weighted by Gasteiger charge is -2.26. The van der Waals surface area contributed by atoms with Crippen LogP contribution in [0.2, 0.25) is 0 Å². The summed E-state index contributed by atoms with van der Waals surface area (Å²) in [5, 5.41) is 6.35. The van der Waals surface area contributed by atoms with Crippen LogP contribution in [-0.2, 0) is 33.1 Å². The predicted octanol–water partition coefficient (Wildman–Crippen LogP) is 6.69. The Morgan fingerprint density at radius 1 is 1.02 bits per heavy atom. The first-order valence-electron chi connectivity index (χ1n) is 16.4. The SMILES string of the molecule is CCOC(=O)C[C@@H]1NC(=O)C(n2cc(CCCN(C)C)c(C(F)(F)F)cc2=O)c2cccc(c2)Oc2cc(C)cc(C)c2-n2cc1c(C(F)(F)F)n2. The molecule has 1 aliphatic rings. The van der Waals surface area contributed by atoms with E-state index in [2.05, 4.69) is 10.4 Å². The fraction of sp³-hybridized carbons (Fsp3) is 0.389. The number of amides is 1. The Balaban J connectivity index is 1.79. The van der Waals surface area contributed by atoms with Crippen LogP contribution in [0.1, 0.15) is 70.9 Å². The summed E-state index contributed by atoms with van der Waals surface area (Å²) in [5.74, 6) is -1.82. The highest BCUT2D eigenvalue weighted by Gasteiger charge is 2.42. The quantitative estimate of drug-likeness (QED) is 0.159. The zero-order chi connectivity index (χ0) is 38.1. The van der Waals surface area contributed by atoms with Gasteiger partial charge in [-0.2, -0.15) is 31.4 Å². The van der Waals surface area contributed by atoms with E-state index in [-0.39, 0.29) is 47.8 Å². The van der Waals surface area contributed by atoms with Crippen LogP contribution in [0.4, 0.5) is 26.3 Å². The molecule has 3 heterocycles. The highest BCUT2D eigenvalue weighted by Crippen LogP contribution is 2.40. The summed E-state index contributed by atoms with van der Waals surface area (Å²) in [6.07, 6.45) is -8.57. The van der Waals surface area contributed by atoms with E-state index in [4.69, 9.17) is 9.47 Å². The van der Waals surface area contributed by atoms with Crippen LogP contribution in [-0.4, -0.2) is 58.4 Å². The Bertz CT molecular complexity index is 2040. The molecule has 0 fully saturated rings. The molecule has 1 unspecified atom stereocenters. The van der Waals surface area contributed by atoms with Gasteiger partial charge in [0.1, 0.15) is 17.5 Å². The summed E-state index contributed by atoms with van der Waals surface area (Å²) < 4.78 is 99.6. The minimum absolute atomic E-state index is 0.0697. The highest BCUT2D eigenvalue weighted by molar-refractivity contribution is 5.85. The Hall–Kier alpha value is -5.12. The van der Waals surface area contributed by atoms with Crippen LogP contribution in [0.3, 0.4) is 0 Å². The summed E-state index contributed by atoms with van der Waals surface area (Å²) >= 11 is 0. The lowest BCUT2D eigenvalue weighted by atomic mass is 9.99. The second-order valence-corrected chi connectivity index (χ2v) is 12.8. The van der Waals surface area contributed by atoms with Crippen molar-refractivity contribution in [3.63, 3.8) is 0 Å². The van der Waals surface area contributed by atoms with Crippen LogP contribution in [0, 0.1) is 13.8 Å². The molecule has 0 saturated heterocycles. The first-order valence-corrected chi connectivity index (χ1v) is 16.4. The average molecular weight is 734 g/mol. The van der Waals surface area contributed by atoms with Gasteiger partial charge in [0, 0.05) is 24.0 Å². The number of carbonyl (C=O) groups is 2. The van der Waals surface area contributed by atoms with Crippen molar-refractivity contribution >= 4 is 11.9 Å². The molecular weight excluding hydrogens is 696 g/mol. The van der Waals surface area contributed by atoms with Gasteiger partial charge >= 0.3 is 18.3 Å². The minimum Gasteiger partial charge on any atom is -0.466 e. The van der Waals surface area contributed by atoms with Crippen molar-refractivity contribution in [2.24, 2.45) is 0 Å². The van der Waals surface area contributed by atoms with Gasteiger partial charge in [0.05, 0.1) is 24.6 Å². The number of nitrogens with one attached hydrogen (secondary N) is 1. The second kappa shape index (κ2) is 14.9. The van der Waals surface area contributed by atoms with E-state index < -0.39 is 65.1 Å². The van der Waals surface area contributed by atoms with E-state index >= 15 is 0 Å². The molecule has 2 aromatic carbocycles. The molecule has 10 nitrogen and oxygen atoms in total. The van der Waals surface area contributed by atoms with E-state index in [0.29, 0.717) is 23.7 Å². The zero-order valence-electron chi connectivity index (χ0n) is 29.0. The fourth-order valence-electron chi connectivity index (χ4n) is 6.30. The number of aromatic nitrogens is 3. The van der Waals surface area contributed by atoms with Crippen molar-refractivity contribution in [1.82, 2.24) is 24.6 Å². The Labute approximate surface area is 294 Å². The fourth-order valence-corrected chi connectivity index (χ4v) is 6.30. The van der Waals surface area contributed by atoms with E-state index in [9.17, 15) is 40.7 Å². The molecule has 0 saturated carbocycles. The van der Waals surface area contributed by atoms with Gasteiger partial charge in [0.25, 0.3) is 5.56 Å². The number of ether oxygens (including phenoxy) is 2. The Kier molecular flexibility index (Phi) is 10.9. The van der Waals surface area contributed by atoms with Gasteiger partial charge in [-0.05, 0) is 94.7 Å². The largest absolute Gasteiger partial charge is 0.466 e. The van der Waals surface area contributed by atoms with Gasteiger partial charge in [0.15, 0.2) is 11.4 Å². The molecule has 2 atom stereocenters. The zero-order valence-corrected chi connectivity index (χ0v) is 29.0. The second-order valence-electron chi connectivity index (χ2n) is 12.8. The van der Waals surface area contributed by atoms with Gasteiger partial charge in [-0.25, -0.2) is 4.68 Å². The summed E-state index contributed by atoms with van der Waals surface area (Å²) in [6.45, 7) is 5.22. The summed E-state index contributed by atoms with van der Waals surface area (Å²) in [4.78, 5) is 42.6. The number of esters is 1. The monoisotopic (exact) mass is 733 g/mol. The third-order valence-corrected chi connectivity index (χ3v) is 8.47. The first kappa shape index (κ1) is 38.1. The number of hydrogen-bond donors (Lipinski definition) is 1. The van der Waals surface area contributed by atoms with Crippen molar-refractivity contribution in [2.75, 3.05) is 27.2 Å². The predicted molar refractivity (Wildman–Crippen MR) is 177 cm³/mol. The lowest BCUT2D eigenvalue weighted by molar-refractivity contribution is -0.146. The number of halogens is 6. The average Bonchev–Trinajstić information content (AvgIpc) is 3.47. The van der Waals surface area contributed by atoms with Crippen molar-refractivity contribution < 1.29 is 45.4 Å².